The molecule has 0 spiro atoms. The van der Waals surface area contributed by atoms with Crippen molar-refractivity contribution >= 4 is 23.3 Å². The summed E-state index contributed by atoms with van der Waals surface area (Å²) in [5, 5.41) is 8.43. The average molecular weight is 248 g/mol. The maximum atomic E-state index is 11.9. The highest BCUT2D eigenvalue weighted by atomic mass is 16.2. The number of rotatable bonds is 3. The molecule has 1 fully saturated rings. The molecule has 1 heterocycles. The first-order valence-electron chi connectivity index (χ1n) is 5.83. The van der Waals surface area contributed by atoms with E-state index in [1.807, 2.05) is 0 Å². The Bertz CT molecular complexity index is 455. The van der Waals surface area contributed by atoms with Gasteiger partial charge in [-0.25, -0.2) is 4.79 Å². The van der Waals surface area contributed by atoms with Crippen LogP contribution in [0.25, 0.3) is 0 Å². The monoisotopic (exact) mass is 248 g/mol. The summed E-state index contributed by atoms with van der Waals surface area (Å²) in [6.45, 7) is 1.59. The van der Waals surface area contributed by atoms with E-state index in [4.69, 9.17) is 5.73 Å². The number of carbonyl (C=O) groups is 2. The van der Waals surface area contributed by atoms with Gasteiger partial charge in [0.05, 0.1) is 5.92 Å². The fourth-order valence-electron chi connectivity index (χ4n) is 1.94. The fraction of sp³-hybridized carbons (Fsp3) is 0.333. The van der Waals surface area contributed by atoms with E-state index in [0.29, 0.717) is 17.9 Å². The minimum atomic E-state index is -0.626. The Morgan fingerprint density at radius 3 is 2.61 bits per heavy atom. The molecule has 0 bridgehead atoms. The maximum Gasteiger partial charge on any atom is 0.316 e. The summed E-state index contributed by atoms with van der Waals surface area (Å²) in [7, 11) is 0. The van der Waals surface area contributed by atoms with E-state index < -0.39 is 6.03 Å². The molecule has 6 heteroatoms. The first-order chi connectivity index (χ1) is 8.65. The van der Waals surface area contributed by atoms with E-state index in [-0.39, 0.29) is 11.8 Å². The van der Waals surface area contributed by atoms with Crippen LogP contribution in [-0.4, -0.2) is 25.0 Å². The summed E-state index contributed by atoms with van der Waals surface area (Å²) in [6.07, 6.45) is 0.852. The number of benzene rings is 1. The lowest BCUT2D eigenvalue weighted by Crippen LogP contribution is -2.24. The summed E-state index contributed by atoms with van der Waals surface area (Å²) in [4.78, 5) is 22.6. The van der Waals surface area contributed by atoms with Crippen molar-refractivity contribution in [2.45, 2.75) is 6.42 Å². The van der Waals surface area contributed by atoms with Gasteiger partial charge in [0, 0.05) is 17.9 Å². The second kappa shape index (κ2) is 5.50. The molecule has 3 amide bonds. The highest BCUT2D eigenvalue weighted by molar-refractivity contribution is 5.94. The third kappa shape index (κ3) is 3.21. The van der Waals surface area contributed by atoms with Crippen molar-refractivity contribution in [2.75, 3.05) is 23.7 Å². The van der Waals surface area contributed by atoms with Crippen molar-refractivity contribution in [3.05, 3.63) is 24.3 Å². The molecule has 1 aliphatic rings. The largest absolute Gasteiger partial charge is 0.351 e. The molecule has 0 radical (unpaired) electrons. The Hall–Kier alpha value is -2.08. The Balaban J connectivity index is 2.00. The second-order valence-corrected chi connectivity index (χ2v) is 4.25. The second-order valence-electron chi connectivity index (χ2n) is 4.25. The molecule has 1 saturated heterocycles. The molecule has 1 aromatic rings. The highest BCUT2D eigenvalue weighted by Gasteiger charge is 2.22. The van der Waals surface area contributed by atoms with Crippen LogP contribution < -0.4 is 21.7 Å². The quantitative estimate of drug-likeness (QED) is 0.634. The van der Waals surface area contributed by atoms with Crippen molar-refractivity contribution in [1.29, 1.82) is 0 Å². The number of hydrogen-bond donors (Lipinski definition) is 4. The van der Waals surface area contributed by atoms with Crippen LogP contribution in [0, 0.1) is 5.92 Å². The Labute approximate surface area is 105 Å². The third-order valence-electron chi connectivity index (χ3n) is 2.83. The molecule has 18 heavy (non-hydrogen) atoms. The molecule has 6 nitrogen and oxygen atoms in total. The molecule has 1 atom stereocenters. The van der Waals surface area contributed by atoms with Gasteiger partial charge in [-0.1, -0.05) is 6.07 Å². The third-order valence-corrected chi connectivity index (χ3v) is 2.83. The van der Waals surface area contributed by atoms with Crippen molar-refractivity contribution in [3.8, 4) is 0 Å². The molecule has 0 aromatic heterocycles. The number of nitrogens with one attached hydrogen (secondary N) is 3. The van der Waals surface area contributed by atoms with Crippen LogP contribution in [0.15, 0.2) is 24.3 Å². The van der Waals surface area contributed by atoms with Crippen LogP contribution >= 0.6 is 0 Å². The lowest BCUT2D eigenvalue weighted by atomic mass is 10.1. The standard InChI is InChI=1S/C12H16N4O2/c13-12(18)16-10-3-1-2-9(6-10)15-11(17)8-4-5-14-7-8/h1-3,6,8,14H,4-5,7H2,(H,15,17)(H3,13,16,18). The van der Waals surface area contributed by atoms with Gasteiger partial charge < -0.3 is 21.7 Å². The van der Waals surface area contributed by atoms with Gasteiger partial charge in [-0.2, -0.15) is 0 Å². The van der Waals surface area contributed by atoms with Gasteiger partial charge in [0.15, 0.2) is 0 Å². The molecule has 1 aromatic carbocycles. The van der Waals surface area contributed by atoms with Gasteiger partial charge in [-0.3, -0.25) is 4.79 Å². The molecule has 96 valence electrons. The highest BCUT2D eigenvalue weighted by Crippen LogP contribution is 2.17. The number of anilines is 2. The molecule has 0 saturated carbocycles. The number of urea groups is 1. The predicted octanol–water partition coefficient (Wildman–Crippen LogP) is 0.725. The molecule has 5 N–H and O–H groups in total. The number of primary amides is 1. The van der Waals surface area contributed by atoms with Gasteiger partial charge >= 0.3 is 6.03 Å². The van der Waals surface area contributed by atoms with Crippen LogP contribution in [0.5, 0.6) is 0 Å². The van der Waals surface area contributed by atoms with E-state index in [2.05, 4.69) is 16.0 Å². The first-order valence-corrected chi connectivity index (χ1v) is 5.83. The van der Waals surface area contributed by atoms with E-state index in [0.717, 1.165) is 13.0 Å². The SMILES string of the molecule is NC(=O)Nc1cccc(NC(=O)C2CCNC2)c1. The van der Waals surface area contributed by atoms with Crippen molar-refractivity contribution < 1.29 is 9.59 Å². The summed E-state index contributed by atoms with van der Waals surface area (Å²) in [5.41, 5.74) is 6.24. The zero-order valence-corrected chi connectivity index (χ0v) is 9.90. The number of amides is 3. The van der Waals surface area contributed by atoms with Gasteiger partial charge in [0.25, 0.3) is 0 Å². The molecule has 1 aliphatic heterocycles. The Morgan fingerprint density at radius 2 is 2.00 bits per heavy atom. The van der Waals surface area contributed by atoms with Crippen molar-refractivity contribution in [3.63, 3.8) is 0 Å². The maximum absolute atomic E-state index is 11.9. The molecular weight excluding hydrogens is 232 g/mol. The van der Waals surface area contributed by atoms with E-state index in [9.17, 15) is 9.59 Å². The average Bonchev–Trinajstić information content (AvgIpc) is 2.81. The van der Waals surface area contributed by atoms with Gasteiger partial charge in [-0.05, 0) is 31.2 Å². The Kier molecular flexibility index (Phi) is 3.78. The summed E-state index contributed by atoms with van der Waals surface area (Å²) in [6, 6.07) is 6.27. The van der Waals surface area contributed by atoms with E-state index in [1.54, 1.807) is 24.3 Å². The fourth-order valence-corrected chi connectivity index (χ4v) is 1.94. The van der Waals surface area contributed by atoms with Crippen LogP contribution in [0.2, 0.25) is 0 Å². The van der Waals surface area contributed by atoms with Crippen molar-refractivity contribution in [1.82, 2.24) is 5.32 Å². The van der Waals surface area contributed by atoms with Crippen LogP contribution in [0.3, 0.4) is 0 Å². The molecular formula is C12H16N4O2. The predicted molar refractivity (Wildman–Crippen MR) is 69.3 cm³/mol. The minimum absolute atomic E-state index is 0.00350. The van der Waals surface area contributed by atoms with Crippen LogP contribution in [0.1, 0.15) is 6.42 Å². The lowest BCUT2D eigenvalue weighted by molar-refractivity contribution is -0.119. The van der Waals surface area contributed by atoms with Crippen molar-refractivity contribution in [2.24, 2.45) is 11.7 Å². The number of nitrogens with two attached hydrogens (primary N) is 1. The Morgan fingerprint density at radius 1 is 1.28 bits per heavy atom. The normalized spacial score (nSPS) is 18.3. The zero-order valence-electron chi connectivity index (χ0n) is 9.90. The lowest BCUT2D eigenvalue weighted by Gasteiger charge is -2.11. The first kappa shape index (κ1) is 12.4. The van der Waals surface area contributed by atoms with Gasteiger partial charge in [0.2, 0.25) is 5.91 Å². The van der Waals surface area contributed by atoms with Crippen LogP contribution in [0.4, 0.5) is 16.2 Å². The zero-order chi connectivity index (χ0) is 13.0. The topological polar surface area (TPSA) is 96.2 Å². The van der Waals surface area contributed by atoms with E-state index >= 15 is 0 Å². The summed E-state index contributed by atoms with van der Waals surface area (Å²) in [5.74, 6) is 0.00832. The number of carbonyl (C=O) groups excluding carboxylic acids is 2. The molecule has 2 rings (SSSR count). The van der Waals surface area contributed by atoms with E-state index in [1.165, 1.54) is 0 Å². The van der Waals surface area contributed by atoms with Gasteiger partial charge in [0.1, 0.15) is 0 Å². The molecule has 1 unspecified atom stereocenters. The van der Waals surface area contributed by atoms with Gasteiger partial charge in [-0.15, -0.1) is 0 Å². The minimum Gasteiger partial charge on any atom is -0.351 e. The molecule has 0 aliphatic carbocycles. The van der Waals surface area contributed by atoms with Crippen LogP contribution in [-0.2, 0) is 4.79 Å². The number of hydrogen-bond acceptors (Lipinski definition) is 3. The summed E-state index contributed by atoms with van der Waals surface area (Å²) < 4.78 is 0. The smallest absolute Gasteiger partial charge is 0.316 e. The summed E-state index contributed by atoms with van der Waals surface area (Å²) >= 11 is 0.